The van der Waals surface area contributed by atoms with Crippen molar-refractivity contribution >= 4 is 11.6 Å². The molecule has 1 spiro atoms. The van der Waals surface area contributed by atoms with Crippen molar-refractivity contribution in [1.82, 2.24) is 4.90 Å². The third kappa shape index (κ3) is 4.23. The molecule has 2 atom stereocenters. The van der Waals surface area contributed by atoms with E-state index in [0.717, 1.165) is 42.8 Å². The average Bonchev–Trinajstić information content (AvgIpc) is 2.75. The van der Waals surface area contributed by atoms with E-state index in [1.807, 2.05) is 24.3 Å². The molecule has 30 heavy (non-hydrogen) atoms. The van der Waals surface area contributed by atoms with Crippen molar-refractivity contribution in [3.8, 4) is 17.2 Å². The van der Waals surface area contributed by atoms with Gasteiger partial charge in [-0.2, -0.15) is 0 Å². The SMILES string of the molecule is COc1ccc(C(O)CN2CCC3(CC2)CC(O)c2cc(Cl)ccc2O3)cc1OC. The van der Waals surface area contributed by atoms with Crippen LogP contribution in [0.5, 0.6) is 17.2 Å². The van der Waals surface area contributed by atoms with E-state index in [0.29, 0.717) is 29.5 Å². The van der Waals surface area contributed by atoms with Crippen molar-refractivity contribution in [3.63, 3.8) is 0 Å². The number of hydrogen-bond donors (Lipinski definition) is 2. The predicted molar refractivity (Wildman–Crippen MR) is 115 cm³/mol. The summed E-state index contributed by atoms with van der Waals surface area (Å²) in [5.41, 5.74) is 1.19. The predicted octanol–water partition coefficient (Wildman–Crippen LogP) is 3.74. The molecule has 2 aromatic carbocycles. The molecule has 2 heterocycles. The Hall–Kier alpha value is -1.99. The Morgan fingerprint density at radius 3 is 2.57 bits per heavy atom. The number of ether oxygens (including phenoxy) is 3. The van der Waals surface area contributed by atoms with Gasteiger partial charge in [-0.25, -0.2) is 0 Å². The number of aliphatic hydroxyl groups excluding tert-OH is 2. The highest BCUT2D eigenvalue weighted by molar-refractivity contribution is 6.30. The summed E-state index contributed by atoms with van der Waals surface area (Å²) in [6.45, 7) is 2.11. The zero-order valence-electron chi connectivity index (χ0n) is 17.3. The van der Waals surface area contributed by atoms with Crippen LogP contribution < -0.4 is 14.2 Å². The smallest absolute Gasteiger partial charge is 0.161 e. The molecule has 162 valence electrons. The van der Waals surface area contributed by atoms with Crippen LogP contribution in [0.3, 0.4) is 0 Å². The van der Waals surface area contributed by atoms with Crippen LogP contribution in [0.2, 0.25) is 5.02 Å². The average molecular weight is 434 g/mol. The first kappa shape index (κ1) is 21.2. The topological polar surface area (TPSA) is 71.4 Å². The highest BCUT2D eigenvalue weighted by Crippen LogP contribution is 2.45. The first-order valence-corrected chi connectivity index (χ1v) is 10.6. The lowest BCUT2D eigenvalue weighted by atomic mass is 9.81. The molecular weight excluding hydrogens is 406 g/mol. The summed E-state index contributed by atoms with van der Waals surface area (Å²) in [7, 11) is 3.18. The highest BCUT2D eigenvalue weighted by Gasteiger charge is 2.43. The summed E-state index contributed by atoms with van der Waals surface area (Å²) >= 11 is 6.06. The number of methoxy groups -OCH3 is 2. The molecule has 0 saturated carbocycles. The first-order chi connectivity index (χ1) is 14.4. The van der Waals surface area contributed by atoms with E-state index in [1.54, 1.807) is 26.4 Å². The number of hydrogen-bond acceptors (Lipinski definition) is 6. The van der Waals surface area contributed by atoms with Crippen LogP contribution in [0.15, 0.2) is 36.4 Å². The van der Waals surface area contributed by atoms with E-state index < -0.39 is 12.2 Å². The molecule has 1 saturated heterocycles. The van der Waals surface area contributed by atoms with Gasteiger partial charge >= 0.3 is 0 Å². The molecule has 0 aliphatic carbocycles. The van der Waals surface area contributed by atoms with Crippen LogP contribution in [0.1, 0.15) is 42.6 Å². The maximum absolute atomic E-state index is 10.7. The monoisotopic (exact) mass is 433 g/mol. The van der Waals surface area contributed by atoms with Gasteiger partial charge in [0.2, 0.25) is 0 Å². The minimum absolute atomic E-state index is 0.370. The van der Waals surface area contributed by atoms with E-state index in [9.17, 15) is 10.2 Å². The summed E-state index contributed by atoms with van der Waals surface area (Å²) in [5, 5.41) is 22.0. The Morgan fingerprint density at radius 2 is 1.87 bits per heavy atom. The Bertz CT molecular complexity index is 897. The highest BCUT2D eigenvalue weighted by atomic mass is 35.5. The fraction of sp³-hybridized carbons (Fsp3) is 0.478. The van der Waals surface area contributed by atoms with E-state index in [4.69, 9.17) is 25.8 Å². The van der Waals surface area contributed by atoms with Crippen LogP contribution in [0, 0.1) is 0 Å². The van der Waals surface area contributed by atoms with Crippen LogP contribution in [-0.2, 0) is 0 Å². The molecule has 1 fully saturated rings. The van der Waals surface area contributed by atoms with E-state index in [-0.39, 0.29) is 5.60 Å². The number of benzene rings is 2. The van der Waals surface area contributed by atoms with E-state index in [1.165, 1.54) is 0 Å². The quantitative estimate of drug-likeness (QED) is 0.748. The third-order valence-electron chi connectivity index (χ3n) is 6.21. The maximum Gasteiger partial charge on any atom is 0.161 e. The molecule has 2 unspecified atom stereocenters. The lowest BCUT2D eigenvalue weighted by molar-refractivity contribution is -0.0587. The second-order valence-electron chi connectivity index (χ2n) is 8.12. The summed E-state index contributed by atoms with van der Waals surface area (Å²) < 4.78 is 16.9. The Kier molecular flexibility index (Phi) is 6.11. The molecular formula is C23H28ClNO5. The lowest BCUT2D eigenvalue weighted by Gasteiger charge is -2.46. The molecule has 2 aromatic rings. The molecule has 2 aliphatic rings. The molecule has 7 heteroatoms. The Labute approximate surface area is 181 Å². The largest absolute Gasteiger partial charge is 0.493 e. The van der Waals surface area contributed by atoms with E-state index >= 15 is 0 Å². The van der Waals surface area contributed by atoms with Gasteiger partial charge in [-0.05, 0) is 48.7 Å². The summed E-state index contributed by atoms with van der Waals surface area (Å²) in [4.78, 5) is 2.24. The fourth-order valence-electron chi connectivity index (χ4n) is 4.47. The first-order valence-electron chi connectivity index (χ1n) is 10.2. The van der Waals surface area contributed by atoms with Crippen molar-refractivity contribution in [2.24, 2.45) is 0 Å². The second kappa shape index (κ2) is 8.63. The molecule has 0 radical (unpaired) electrons. The minimum Gasteiger partial charge on any atom is -0.493 e. The Balaban J connectivity index is 1.39. The van der Waals surface area contributed by atoms with Gasteiger partial charge in [0.25, 0.3) is 0 Å². The number of likely N-dealkylation sites (tertiary alicyclic amines) is 1. The Morgan fingerprint density at radius 1 is 1.13 bits per heavy atom. The molecule has 0 aromatic heterocycles. The van der Waals surface area contributed by atoms with Gasteiger partial charge in [0.1, 0.15) is 11.4 Å². The molecule has 2 aliphatic heterocycles. The maximum atomic E-state index is 10.7. The van der Waals surface area contributed by atoms with Crippen molar-refractivity contribution < 1.29 is 24.4 Å². The van der Waals surface area contributed by atoms with Gasteiger partial charge in [-0.15, -0.1) is 0 Å². The van der Waals surface area contributed by atoms with Crippen LogP contribution in [-0.4, -0.2) is 54.6 Å². The summed E-state index contributed by atoms with van der Waals surface area (Å²) in [5.74, 6) is 1.97. The normalized spacial score (nSPS) is 21.6. The van der Waals surface area contributed by atoms with Gasteiger partial charge in [0.05, 0.1) is 26.4 Å². The van der Waals surface area contributed by atoms with Crippen molar-refractivity contribution in [2.45, 2.75) is 37.1 Å². The van der Waals surface area contributed by atoms with Crippen LogP contribution >= 0.6 is 11.6 Å². The van der Waals surface area contributed by atoms with Crippen LogP contribution in [0.4, 0.5) is 0 Å². The molecule has 4 rings (SSSR count). The van der Waals surface area contributed by atoms with E-state index in [2.05, 4.69) is 4.90 Å². The zero-order chi connectivity index (χ0) is 21.3. The summed E-state index contributed by atoms with van der Waals surface area (Å²) in [6, 6.07) is 10.9. The molecule has 2 N–H and O–H groups in total. The minimum atomic E-state index is -0.625. The fourth-order valence-corrected chi connectivity index (χ4v) is 4.65. The number of fused-ring (bicyclic) bond motifs is 1. The molecule has 6 nitrogen and oxygen atoms in total. The molecule has 0 bridgehead atoms. The zero-order valence-corrected chi connectivity index (χ0v) is 18.1. The third-order valence-corrected chi connectivity index (χ3v) is 6.45. The van der Waals surface area contributed by atoms with Crippen molar-refractivity contribution in [2.75, 3.05) is 33.9 Å². The molecule has 0 amide bonds. The van der Waals surface area contributed by atoms with Gasteiger partial charge in [0.15, 0.2) is 11.5 Å². The van der Waals surface area contributed by atoms with Crippen LogP contribution in [0.25, 0.3) is 0 Å². The van der Waals surface area contributed by atoms with Crippen molar-refractivity contribution in [3.05, 3.63) is 52.5 Å². The number of rotatable bonds is 5. The van der Waals surface area contributed by atoms with Gasteiger partial charge in [-0.3, -0.25) is 0 Å². The van der Waals surface area contributed by atoms with Gasteiger partial charge < -0.3 is 29.3 Å². The van der Waals surface area contributed by atoms with Gasteiger partial charge in [-0.1, -0.05) is 17.7 Å². The summed E-state index contributed by atoms with van der Waals surface area (Å²) in [6.07, 6.45) is 0.957. The number of aliphatic hydroxyl groups is 2. The number of nitrogens with zero attached hydrogens (tertiary/aromatic N) is 1. The standard InChI is InChI=1S/C23H28ClNO5/c1-28-21-5-3-15(11-22(21)29-2)19(27)14-25-9-7-23(8-10-25)13-18(26)17-12-16(24)4-6-20(17)30-23/h3-6,11-12,18-19,26-27H,7-10,13-14H2,1-2H3. The number of piperidine rings is 1. The number of halogens is 1. The second-order valence-corrected chi connectivity index (χ2v) is 8.55. The van der Waals surface area contributed by atoms with Gasteiger partial charge in [0, 0.05) is 36.6 Å². The number of β-amino-alcohol motifs (C(OH)–C–C–N with tert-alkyl or cyclic N) is 1. The van der Waals surface area contributed by atoms with Crippen molar-refractivity contribution in [1.29, 1.82) is 0 Å². The lowest BCUT2D eigenvalue weighted by Crippen LogP contribution is -2.51.